The maximum atomic E-state index is 11.3. The van der Waals surface area contributed by atoms with Crippen LogP contribution in [0.5, 0.6) is 0 Å². The van der Waals surface area contributed by atoms with Crippen molar-refractivity contribution in [1.82, 2.24) is 4.98 Å². The number of hydrogen-bond acceptors (Lipinski definition) is 5. The number of morpholine rings is 1. The van der Waals surface area contributed by atoms with E-state index in [0.29, 0.717) is 12.5 Å². The highest BCUT2D eigenvalue weighted by Gasteiger charge is 2.35. The fourth-order valence-corrected chi connectivity index (χ4v) is 4.21. The van der Waals surface area contributed by atoms with Gasteiger partial charge in [0.25, 0.3) is 0 Å². The number of aliphatic carboxylic acids is 1. The molecule has 1 fully saturated rings. The number of nitrogens with zero attached hydrogens (tertiary/aromatic N) is 2. The van der Waals surface area contributed by atoms with Gasteiger partial charge in [0.05, 0.1) is 24.4 Å². The van der Waals surface area contributed by atoms with Crippen molar-refractivity contribution >= 4 is 22.4 Å². The standard InChI is InChI=1S/C14H20N2O3S/c1-3-9-7-19-8(2)6-16(9)14-15-12-10(13(17)18)4-5-11(12)20-14/h8-10H,3-7H2,1-2H3,(H,17,18). The van der Waals surface area contributed by atoms with Crippen LogP contribution in [0.3, 0.4) is 0 Å². The van der Waals surface area contributed by atoms with Gasteiger partial charge in [0.15, 0.2) is 5.13 Å². The molecule has 3 rings (SSSR count). The fourth-order valence-electron chi connectivity index (χ4n) is 2.99. The van der Waals surface area contributed by atoms with Gasteiger partial charge in [0, 0.05) is 11.4 Å². The van der Waals surface area contributed by atoms with E-state index in [-0.39, 0.29) is 6.10 Å². The quantitative estimate of drug-likeness (QED) is 0.927. The van der Waals surface area contributed by atoms with E-state index >= 15 is 0 Å². The van der Waals surface area contributed by atoms with E-state index in [4.69, 9.17) is 4.74 Å². The van der Waals surface area contributed by atoms with Gasteiger partial charge in [-0.05, 0) is 26.2 Å². The number of aryl methyl sites for hydroxylation is 1. The van der Waals surface area contributed by atoms with E-state index in [1.54, 1.807) is 11.3 Å². The largest absolute Gasteiger partial charge is 0.481 e. The van der Waals surface area contributed by atoms with Crippen LogP contribution in [-0.4, -0.2) is 41.4 Å². The highest BCUT2D eigenvalue weighted by Crippen LogP contribution is 2.40. The third-order valence-electron chi connectivity index (χ3n) is 4.19. The highest BCUT2D eigenvalue weighted by molar-refractivity contribution is 7.15. The summed E-state index contributed by atoms with van der Waals surface area (Å²) in [7, 11) is 0. The number of carbonyl (C=O) groups is 1. The summed E-state index contributed by atoms with van der Waals surface area (Å²) in [6.07, 6.45) is 2.76. The Bertz CT molecular complexity index is 517. The summed E-state index contributed by atoms with van der Waals surface area (Å²) in [5, 5.41) is 10.2. The molecule has 110 valence electrons. The number of carboxylic acids is 1. The molecule has 2 heterocycles. The molecule has 3 unspecified atom stereocenters. The molecular weight excluding hydrogens is 276 g/mol. The Labute approximate surface area is 122 Å². The van der Waals surface area contributed by atoms with Crippen LogP contribution in [0.1, 0.15) is 43.2 Å². The molecule has 20 heavy (non-hydrogen) atoms. The summed E-state index contributed by atoms with van der Waals surface area (Å²) >= 11 is 1.67. The van der Waals surface area contributed by atoms with Gasteiger partial charge in [0.2, 0.25) is 0 Å². The Kier molecular flexibility index (Phi) is 3.69. The van der Waals surface area contributed by atoms with Crippen LogP contribution in [-0.2, 0) is 16.0 Å². The Morgan fingerprint density at radius 2 is 2.40 bits per heavy atom. The fraction of sp³-hybridized carbons (Fsp3) is 0.714. The minimum atomic E-state index is -0.747. The number of aromatic nitrogens is 1. The van der Waals surface area contributed by atoms with Crippen LogP contribution < -0.4 is 4.90 Å². The van der Waals surface area contributed by atoms with Crippen molar-refractivity contribution in [2.75, 3.05) is 18.1 Å². The van der Waals surface area contributed by atoms with Crippen LogP contribution in [0.25, 0.3) is 0 Å². The van der Waals surface area contributed by atoms with Gasteiger partial charge in [0.1, 0.15) is 5.92 Å². The first-order valence-electron chi connectivity index (χ1n) is 7.20. The lowest BCUT2D eigenvalue weighted by Gasteiger charge is -2.38. The predicted octanol–water partition coefficient (Wildman–Crippen LogP) is 2.26. The maximum absolute atomic E-state index is 11.3. The van der Waals surface area contributed by atoms with Gasteiger partial charge >= 0.3 is 5.97 Å². The third kappa shape index (κ3) is 2.31. The van der Waals surface area contributed by atoms with Gasteiger partial charge in [-0.1, -0.05) is 6.92 Å². The van der Waals surface area contributed by atoms with Crippen molar-refractivity contribution in [2.24, 2.45) is 0 Å². The summed E-state index contributed by atoms with van der Waals surface area (Å²) in [5.41, 5.74) is 0.798. The molecule has 3 atom stereocenters. The van der Waals surface area contributed by atoms with Crippen molar-refractivity contribution in [1.29, 1.82) is 0 Å². The average molecular weight is 296 g/mol. The van der Waals surface area contributed by atoms with Gasteiger partial charge in [-0.15, -0.1) is 11.3 Å². The Hall–Kier alpha value is -1.14. The van der Waals surface area contributed by atoms with Crippen LogP contribution in [0.2, 0.25) is 0 Å². The van der Waals surface area contributed by atoms with Crippen LogP contribution >= 0.6 is 11.3 Å². The second-order valence-electron chi connectivity index (χ2n) is 5.59. The molecule has 0 aromatic carbocycles. The first kappa shape index (κ1) is 13.8. The van der Waals surface area contributed by atoms with Crippen LogP contribution in [0.4, 0.5) is 5.13 Å². The number of carboxylic acid groups (broad SMARTS) is 1. The van der Waals surface area contributed by atoms with Crippen molar-refractivity contribution in [3.8, 4) is 0 Å². The summed E-state index contributed by atoms with van der Waals surface area (Å²) in [4.78, 5) is 19.4. The lowest BCUT2D eigenvalue weighted by atomic mass is 10.1. The predicted molar refractivity (Wildman–Crippen MR) is 77.7 cm³/mol. The molecule has 1 aliphatic heterocycles. The highest BCUT2D eigenvalue weighted by atomic mass is 32.1. The Morgan fingerprint density at radius 1 is 1.60 bits per heavy atom. The SMILES string of the molecule is CCC1COC(C)CN1c1nc2c(s1)CCC2C(=O)O. The summed E-state index contributed by atoms with van der Waals surface area (Å²) < 4.78 is 5.71. The molecule has 1 N–H and O–H groups in total. The van der Waals surface area contributed by atoms with Crippen molar-refractivity contribution in [2.45, 2.75) is 51.2 Å². The van der Waals surface area contributed by atoms with E-state index in [1.807, 2.05) is 0 Å². The van der Waals surface area contributed by atoms with Crippen molar-refractivity contribution in [3.63, 3.8) is 0 Å². The number of thiazole rings is 1. The number of hydrogen-bond donors (Lipinski definition) is 1. The van der Waals surface area contributed by atoms with Gasteiger partial charge < -0.3 is 14.7 Å². The van der Waals surface area contributed by atoms with Gasteiger partial charge in [-0.3, -0.25) is 4.79 Å². The second-order valence-corrected chi connectivity index (χ2v) is 6.65. The Morgan fingerprint density at radius 3 is 3.10 bits per heavy atom. The zero-order valence-corrected chi connectivity index (χ0v) is 12.7. The molecule has 0 spiro atoms. The zero-order chi connectivity index (χ0) is 14.3. The smallest absolute Gasteiger partial charge is 0.312 e. The van der Waals surface area contributed by atoms with Gasteiger partial charge in [-0.2, -0.15) is 0 Å². The topological polar surface area (TPSA) is 62.7 Å². The molecule has 5 nitrogen and oxygen atoms in total. The van der Waals surface area contributed by atoms with Crippen LogP contribution in [0.15, 0.2) is 0 Å². The summed E-state index contributed by atoms with van der Waals surface area (Å²) in [6.45, 7) is 5.78. The van der Waals surface area contributed by atoms with E-state index < -0.39 is 11.9 Å². The van der Waals surface area contributed by atoms with Gasteiger partial charge in [-0.25, -0.2) is 4.98 Å². The van der Waals surface area contributed by atoms with Crippen molar-refractivity contribution < 1.29 is 14.6 Å². The summed E-state index contributed by atoms with van der Waals surface area (Å²) in [6, 6.07) is 0.348. The van der Waals surface area contributed by atoms with E-state index in [1.165, 1.54) is 0 Å². The molecule has 2 aliphatic rings. The van der Waals surface area contributed by atoms with E-state index in [0.717, 1.165) is 41.7 Å². The molecule has 1 aliphatic carbocycles. The second kappa shape index (κ2) is 5.33. The zero-order valence-electron chi connectivity index (χ0n) is 11.8. The van der Waals surface area contributed by atoms with Crippen molar-refractivity contribution in [3.05, 3.63) is 10.6 Å². The molecular formula is C14H20N2O3S. The molecule has 0 radical (unpaired) electrons. The van der Waals surface area contributed by atoms with E-state index in [2.05, 4.69) is 23.7 Å². The summed E-state index contributed by atoms with van der Waals surface area (Å²) in [5.74, 6) is -1.16. The lowest BCUT2D eigenvalue weighted by molar-refractivity contribution is -0.138. The molecule has 0 saturated carbocycles. The van der Waals surface area contributed by atoms with E-state index in [9.17, 15) is 9.90 Å². The molecule has 0 amide bonds. The number of anilines is 1. The Balaban J connectivity index is 1.87. The first-order chi connectivity index (χ1) is 9.60. The molecule has 6 heteroatoms. The number of fused-ring (bicyclic) bond motifs is 1. The minimum Gasteiger partial charge on any atom is -0.481 e. The number of rotatable bonds is 3. The molecule has 0 bridgehead atoms. The lowest BCUT2D eigenvalue weighted by Crippen LogP contribution is -2.48. The number of ether oxygens (including phenoxy) is 1. The third-order valence-corrected chi connectivity index (χ3v) is 5.36. The van der Waals surface area contributed by atoms with Crippen LogP contribution in [0, 0.1) is 0 Å². The molecule has 1 saturated heterocycles. The minimum absolute atomic E-state index is 0.201. The maximum Gasteiger partial charge on any atom is 0.312 e. The monoisotopic (exact) mass is 296 g/mol. The molecule has 1 aromatic rings. The average Bonchev–Trinajstić information content (AvgIpc) is 2.97. The molecule has 1 aromatic heterocycles. The normalized spacial score (nSPS) is 29.5. The first-order valence-corrected chi connectivity index (χ1v) is 8.02.